The van der Waals surface area contributed by atoms with E-state index < -0.39 is 0 Å². The number of ether oxygens (including phenoxy) is 1. The van der Waals surface area contributed by atoms with Crippen LogP contribution in [0.1, 0.15) is 11.1 Å². The smallest absolute Gasteiger partial charge is 0.127 e. The van der Waals surface area contributed by atoms with Crippen molar-refractivity contribution in [2.75, 3.05) is 6.54 Å². The summed E-state index contributed by atoms with van der Waals surface area (Å²) >= 11 is 0. The van der Waals surface area contributed by atoms with Gasteiger partial charge in [-0.15, -0.1) is 0 Å². The molecule has 3 nitrogen and oxygen atoms in total. The van der Waals surface area contributed by atoms with Crippen LogP contribution in [0.2, 0.25) is 0 Å². The molecule has 33 heavy (non-hydrogen) atoms. The van der Waals surface area contributed by atoms with Crippen molar-refractivity contribution in [2.24, 2.45) is 0 Å². The number of halogens is 1. The first-order valence-corrected chi connectivity index (χ1v) is 11.1. The predicted molar refractivity (Wildman–Crippen MR) is 132 cm³/mol. The number of nitrogens with one attached hydrogen (secondary N) is 2. The van der Waals surface area contributed by atoms with Gasteiger partial charge in [-0.05, 0) is 83.8 Å². The van der Waals surface area contributed by atoms with Gasteiger partial charge < -0.3 is 15.0 Å². The fourth-order valence-corrected chi connectivity index (χ4v) is 4.01. The quantitative estimate of drug-likeness (QED) is 0.255. The summed E-state index contributed by atoms with van der Waals surface area (Å²) in [5, 5.41) is 4.74. The fourth-order valence-electron chi connectivity index (χ4n) is 4.01. The molecular weight excluding hydrogens is 411 g/mol. The highest BCUT2D eigenvalue weighted by Gasteiger charge is 2.07. The Morgan fingerprint density at radius 3 is 2.39 bits per heavy atom. The second-order valence-corrected chi connectivity index (χ2v) is 8.07. The Labute approximate surface area is 192 Å². The van der Waals surface area contributed by atoms with E-state index in [-0.39, 0.29) is 5.82 Å². The molecule has 5 rings (SSSR count). The number of benzene rings is 4. The minimum atomic E-state index is -0.217. The summed E-state index contributed by atoms with van der Waals surface area (Å²) in [6.45, 7) is 1.63. The first kappa shape index (κ1) is 21.0. The lowest BCUT2D eigenvalue weighted by Gasteiger charge is -2.09. The molecule has 5 aromatic rings. The number of hydrogen-bond donors (Lipinski definition) is 2. The van der Waals surface area contributed by atoms with E-state index in [4.69, 9.17) is 4.74 Å². The van der Waals surface area contributed by atoms with Gasteiger partial charge in [-0.2, -0.15) is 0 Å². The van der Waals surface area contributed by atoms with Crippen molar-refractivity contribution in [3.63, 3.8) is 0 Å². The lowest BCUT2D eigenvalue weighted by atomic mass is 10.0. The summed E-state index contributed by atoms with van der Waals surface area (Å²) in [6.07, 6.45) is 2.99. The van der Waals surface area contributed by atoms with E-state index in [1.807, 2.05) is 54.6 Å². The van der Waals surface area contributed by atoms with Gasteiger partial charge in [0.2, 0.25) is 0 Å². The molecule has 0 spiro atoms. The topological polar surface area (TPSA) is 37.0 Å². The maximum absolute atomic E-state index is 13.3. The third-order valence-electron chi connectivity index (χ3n) is 5.72. The van der Waals surface area contributed by atoms with Gasteiger partial charge in [0, 0.05) is 23.6 Å². The van der Waals surface area contributed by atoms with Crippen molar-refractivity contribution in [1.82, 2.24) is 10.3 Å². The lowest BCUT2D eigenvalue weighted by molar-refractivity contribution is 0.481. The number of aromatic nitrogens is 1. The maximum Gasteiger partial charge on any atom is 0.127 e. The Morgan fingerprint density at radius 1 is 0.758 bits per heavy atom. The average molecular weight is 437 g/mol. The van der Waals surface area contributed by atoms with E-state index in [9.17, 15) is 4.39 Å². The van der Waals surface area contributed by atoms with Crippen LogP contribution in [0.3, 0.4) is 0 Å². The van der Waals surface area contributed by atoms with Gasteiger partial charge in [-0.3, -0.25) is 0 Å². The van der Waals surface area contributed by atoms with Crippen molar-refractivity contribution in [3.05, 3.63) is 120 Å². The van der Waals surface area contributed by atoms with E-state index in [1.165, 1.54) is 28.6 Å². The van der Waals surface area contributed by atoms with Crippen molar-refractivity contribution in [1.29, 1.82) is 0 Å². The highest BCUT2D eigenvalue weighted by Crippen LogP contribution is 2.27. The molecule has 0 bridgehead atoms. The Bertz CT molecular complexity index is 1340. The second kappa shape index (κ2) is 9.72. The molecule has 0 saturated carbocycles. The summed E-state index contributed by atoms with van der Waals surface area (Å²) in [5.41, 5.74) is 5.66. The first-order chi connectivity index (χ1) is 16.2. The van der Waals surface area contributed by atoms with Crippen molar-refractivity contribution in [3.8, 4) is 22.6 Å². The van der Waals surface area contributed by atoms with Gasteiger partial charge in [0.15, 0.2) is 0 Å². The van der Waals surface area contributed by atoms with E-state index in [2.05, 4.69) is 46.8 Å². The fraction of sp³-hybridized carbons (Fsp3) is 0.103. The molecule has 0 amide bonds. The highest BCUT2D eigenvalue weighted by atomic mass is 19.1. The normalized spacial score (nSPS) is 11.1. The van der Waals surface area contributed by atoms with Crippen LogP contribution in [-0.4, -0.2) is 11.5 Å². The van der Waals surface area contributed by atoms with Crippen LogP contribution in [0.25, 0.3) is 22.0 Å². The standard InChI is InChI=1S/C29H25FN2O/c30-25-12-9-22(10-13-25)23-11-14-29-28(18-23)24(20-32-29)15-16-31-19-21-5-4-8-27(17-21)33-26-6-2-1-3-7-26/h1-14,17-18,20,31-32H,15-16,19H2. The van der Waals surface area contributed by atoms with Crippen molar-refractivity contribution < 1.29 is 9.13 Å². The minimum Gasteiger partial charge on any atom is -0.457 e. The van der Waals surface area contributed by atoms with Gasteiger partial charge in [-0.25, -0.2) is 4.39 Å². The van der Waals surface area contributed by atoms with Gasteiger partial charge in [-0.1, -0.05) is 48.5 Å². The van der Waals surface area contributed by atoms with E-state index >= 15 is 0 Å². The number of hydrogen-bond acceptors (Lipinski definition) is 2. The molecule has 0 atom stereocenters. The van der Waals surface area contributed by atoms with Crippen LogP contribution >= 0.6 is 0 Å². The van der Waals surface area contributed by atoms with Crippen molar-refractivity contribution >= 4 is 10.9 Å². The van der Waals surface area contributed by atoms with Crippen LogP contribution in [-0.2, 0) is 13.0 Å². The Kier molecular flexibility index (Phi) is 6.18. The molecule has 0 fully saturated rings. The molecule has 0 aliphatic carbocycles. The largest absolute Gasteiger partial charge is 0.457 e. The number of fused-ring (bicyclic) bond motifs is 1. The van der Waals surface area contributed by atoms with Crippen LogP contribution < -0.4 is 10.1 Å². The Hall–Kier alpha value is -3.89. The van der Waals surface area contributed by atoms with Gasteiger partial charge >= 0.3 is 0 Å². The van der Waals surface area contributed by atoms with Gasteiger partial charge in [0.05, 0.1) is 0 Å². The highest BCUT2D eigenvalue weighted by molar-refractivity contribution is 5.88. The minimum absolute atomic E-state index is 0.217. The molecule has 0 radical (unpaired) electrons. The molecule has 4 aromatic carbocycles. The molecule has 0 unspecified atom stereocenters. The van der Waals surface area contributed by atoms with E-state index in [0.717, 1.165) is 47.7 Å². The summed E-state index contributed by atoms with van der Waals surface area (Å²) < 4.78 is 19.2. The number of aromatic amines is 1. The molecule has 0 saturated heterocycles. The molecule has 4 heteroatoms. The summed E-state index contributed by atoms with van der Waals surface area (Å²) in [6, 6.07) is 31.0. The van der Waals surface area contributed by atoms with Crippen LogP contribution in [0.15, 0.2) is 103 Å². The number of rotatable bonds is 8. The van der Waals surface area contributed by atoms with Crippen LogP contribution in [0, 0.1) is 5.82 Å². The summed E-state index contributed by atoms with van der Waals surface area (Å²) in [7, 11) is 0. The average Bonchev–Trinajstić information content (AvgIpc) is 3.25. The molecule has 1 aromatic heterocycles. The van der Waals surface area contributed by atoms with Gasteiger partial charge in [0.1, 0.15) is 17.3 Å². The zero-order valence-electron chi connectivity index (χ0n) is 18.2. The Morgan fingerprint density at radius 2 is 1.55 bits per heavy atom. The van der Waals surface area contributed by atoms with E-state index in [0.29, 0.717) is 0 Å². The zero-order chi connectivity index (χ0) is 22.5. The Balaban J connectivity index is 1.21. The second-order valence-electron chi connectivity index (χ2n) is 8.07. The van der Waals surface area contributed by atoms with Crippen molar-refractivity contribution in [2.45, 2.75) is 13.0 Å². The molecular formula is C29H25FN2O. The lowest BCUT2D eigenvalue weighted by Crippen LogP contribution is -2.16. The molecule has 0 aliphatic rings. The van der Waals surface area contributed by atoms with Crippen LogP contribution in [0.4, 0.5) is 4.39 Å². The molecule has 0 aliphatic heterocycles. The van der Waals surface area contributed by atoms with Crippen LogP contribution in [0.5, 0.6) is 11.5 Å². The molecule has 1 heterocycles. The molecule has 2 N–H and O–H groups in total. The predicted octanol–water partition coefficient (Wildman–Crippen LogP) is 7.10. The zero-order valence-corrected chi connectivity index (χ0v) is 18.2. The maximum atomic E-state index is 13.3. The third kappa shape index (κ3) is 5.13. The van der Waals surface area contributed by atoms with E-state index in [1.54, 1.807) is 0 Å². The van der Waals surface area contributed by atoms with Gasteiger partial charge in [0.25, 0.3) is 0 Å². The monoisotopic (exact) mass is 436 g/mol. The number of para-hydroxylation sites is 1. The number of H-pyrrole nitrogens is 1. The summed E-state index contributed by atoms with van der Waals surface area (Å²) in [5.74, 6) is 1.46. The third-order valence-corrected chi connectivity index (χ3v) is 5.72. The SMILES string of the molecule is Fc1ccc(-c2ccc3[nH]cc(CCNCc4cccc(Oc5ccccc5)c4)c3c2)cc1. The summed E-state index contributed by atoms with van der Waals surface area (Å²) in [4.78, 5) is 3.36. The molecule has 164 valence electrons. The first-order valence-electron chi connectivity index (χ1n) is 11.1.